The van der Waals surface area contributed by atoms with Gasteiger partial charge in [-0.05, 0) is 31.0 Å². The number of anilines is 1. The Balaban J connectivity index is 1.69. The standard InChI is InChI=1S/C16H15ClFN3O4/c17-11-7-9(18)5-6-12(11)19-13(22)8-20-14(23)15(24)21(16(20)25)10-3-1-2-4-10/h5-7,10H,1-4,8H2,(H,19,22). The second-order valence-corrected chi connectivity index (χ2v) is 6.37. The summed E-state index contributed by atoms with van der Waals surface area (Å²) in [6.45, 7) is -0.611. The first-order valence-electron chi connectivity index (χ1n) is 7.82. The monoisotopic (exact) mass is 367 g/mol. The minimum Gasteiger partial charge on any atom is -0.323 e. The van der Waals surface area contributed by atoms with Crippen LogP contribution in [0.15, 0.2) is 18.2 Å². The molecule has 1 heterocycles. The molecule has 0 unspecified atom stereocenters. The van der Waals surface area contributed by atoms with Crippen molar-refractivity contribution >= 4 is 41.0 Å². The molecule has 5 amide bonds. The number of hydrogen-bond donors (Lipinski definition) is 1. The lowest BCUT2D eigenvalue weighted by atomic mass is 10.2. The van der Waals surface area contributed by atoms with Crippen LogP contribution in [0, 0.1) is 5.82 Å². The molecule has 25 heavy (non-hydrogen) atoms. The summed E-state index contributed by atoms with van der Waals surface area (Å²) < 4.78 is 13.0. The molecule has 1 aliphatic carbocycles. The van der Waals surface area contributed by atoms with Gasteiger partial charge in [-0.2, -0.15) is 0 Å². The Morgan fingerprint density at radius 1 is 1.20 bits per heavy atom. The molecular weight excluding hydrogens is 353 g/mol. The summed E-state index contributed by atoms with van der Waals surface area (Å²) in [4.78, 5) is 50.1. The summed E-state index contributed by atoms with van der Waals surface area (Å²) in [7, 11) is 0. The third-order valence-electron chi connectivity index (χ3n) is 4.28. The van der Waals surface area contributed by atoms with Gasteiger partial charge in [0, 0.05) is 6.04 Å². The number of carbonyl (C=O) groups excluding carboxylic acids is 4. The largest absolute Gasteiger partial charge is 0.334 e. The van der Waals surface area contributed by atoms with Crippen LogP contribution in [0.5, 0.6) is 0 Å². The van der Waals surface area contributed by atoms with Crippen LogP contribution in [-0.2, 0) is 14.4 Å². The zero-order chi connectivity index (χ0) is 18.1. The number of imide groups is 2. The Kier molecular flexibility index (Phi) is 4.71. The number of rotatable bonds is 4. The number of benzene rings is 1. The molecule has 2 fully saturated rings. The van der Waals surface area contributed by atoms with Crippen LogP contribution in [0.1, 0.15) is 25.7 Å². The Hall–Kier alpha value is -2.48. The lowest BCUT2D eigenvalue weighted by molar-refractivity contribution is -0.144. The zero-order valence-electron chi connectivity index (χ0n) is 13.1. The van der Waals surface area contributed by atoms with Crippen molar-refractivity contribution in [3.8, 4) is 0 Å². The number of amides is 5. The molecular formula is C16H15ClFN3O4. The van der Waals surface area contributed by atoms with Crippen molar-refractivity contribution in [2.75, 3.05) is 11.9 Å². The molecule has 9 heteroatoms. The van der Waals surface area contributed by atoms with E-state index in [9.17, 15) is 23.6 Å². The maximum Gasteiger partial charge on any atom is 0.334 e. The molecule has 1 aromatic carbocycles. The van der Waals surface area contributed by atoms with Gasteiger partial charge in [0.15, 0.2) is 0 Å². The quantitative estimate of drug-likeness (QED) is 0.652. The van der Waals surface area contributed by atoms with Crippen molar-refractivity contribution < 1.29 is 23.6 Å². The predicted molar refractivity (Wildman–Crippen MR) is 86.3 cm³/mol. The lowest BCUT2D eigenvalue weighted by Crippen LogP contribution is -2.41. The summed E-state index contributed by atoms with van der Waals surface area (Å²) in [5.74, 6) is -3.19. The maximum absolute atomic E-state index is 13.0. The summed E-state index contributed by atoms with van der Waals surface area (Å²) in [6, 6.07) is 2.33. The number of nitrogens with one attached hydrogen (secondary N) is 1. The van der Waals surface area contributed by atoms with Crippen LogP contribution >= 0.6 is 11.6 Å². The van der Waals surface area contributed by atoms with Crippen molar-refractivity contribution in [3.63, 3.8) is 0 Å². The van der Waals surface area contributed by atoms with E-state index >= 15 is 0 Å². The van der Waals surface area contributed by atoms with Gasteiger partial charge in [0.05, 0.1) is 10.7 Å². The molecule has 7 nitrogen and oxygen atoms in total. The first-order chi connectivity index (χ1) is 11.9. The van der Waals surface area contributed by atoms with E-state index in [1.54, 1.807) is 0 Å². The topological polar surface area (TPSA) is 86.8 Å². The van der Waals surface area contributed by atoms with Crippen molar-refractivity contribution in [2.24, 2.45) is 0 Å². The summed E-state index contributed by atoms with van der Waals surface area (Å²) in [6.07, 6.45) is 3.10. The molecule has 132 valence electrons. The third-order valence-corrected chi connectivity index (χ3v) is 4.59. The second-order valence-electron chi connectivity index (χ2n) is 5.96. The van der Waals surface area contributed by atoms with Crippen LogP contribution in [0.25, 0.3) is 0 Å². The molecule has 0 spiro atoms. The minimum atomic E-state index is -1.02. The van der Waals surface area contributed by atoms with E-state index in [2.05, 4.69) is 5.32 Å². The van der Waals surface area contributed by atoms with E-state index < -0.39 is 36.1 Å². The smallest absolute Gasteiger partial charge is 0.323 e. The molecule has 1 N–H and O–H groups in total. The van der Waals surface area contributed by atoms with Gasteiger partial charge in [-0.1, -0.05) is 24.4 Å². The van der Waals surface area contributed by atoms with Crippen LogP contribution < -0.4 is 5.32 Å². The Morgan fingerprint density at radius 2 is 1.88 bits per heavy atom. The fraction of sp³-hybridized carbons (Fsp3) is 0.375. The second kappa shape index (κ2) is 6.79. The van der Waals surface area contributed by atoms with Gasteiger partial charge in [0.2, 0.25) is 5.91 Å². The van der Waals surface area contributed by atoms with E-state index in [-0.39, 0.29) is 16.8 Å². The van der Waals surface area contributed by atoms with Crippen molar-refractivity contribution in [1.29, 1.82) is 0 Å². The summed E-state index contributed by atoms with van der Waals surface area (Å²) in [5.41, 5.74) is 0.145. The van der Waals surface area contributed by atoms with Crippen molar-refractivity contribution in [2.45, 2.75) is 31.7 Å². The molecule has 0 bridgehead atoms. The van der Waals surface area contributed by atoms with Gasteiger partial charge in [0.1, 0.15) is 12.4 Å². The van der Waals surface area contributed by atoms with Crippen molar-refractivity contribution in [1.82, 2.24) is 9.80 Å². The lowest BCUT2D eigenvalue weighted by Gasteiger charge is -2.20. The molecule has 2 aliphatic rings. The van der Waals surface area contributed by atoms with E-state index in [0.717, 1.165) is 29.9 Å². The first-order valence-corrected chi connectivity index (χ1v) is 8.20. The SMILES string of the molecule is O=C(CN1C(=O)C(=O)N(C2CCCC2)C1=O)Nc1ccc(F)cc1Cl. The molecule has 0 atom stereocenters. The van der Waals surface area contributed by atoms with Gasteiger partial charge in [-0.15, -0.1) is 0 Å². The molecule has 0 radical (unpaired) electrons. The number of carbonyl (C=O) groups is 4. The first kappa shape index (κ1) is 17.3. The number of urea groups is 1. The predicted octanol–water partition coefficient (Wildman–Crippen LogP) is 2.15. The fourth-order valence-electron chi connectivity index (χ4n) is 3.07. The van der Waals surface area contributed by atoms with Crippen LogP contribution in [0.2, 0.25) is 5.02 Å². The van der Waals surface area contributed by atoms with E-state index in [0.29, 0.717) is 17.7 Å². The number of hydrogen-bond acceptors (Lipinski definition) is 4. The third kappa shape index (κ3) is 3.34. The average Bonchev–Trinajstić information content (AvgIpc) is 3.14. The van der Waals surface area contributed by atoms with Gasteiger partial charge < -0.3 is 5.32 Å². The summed E-state index contributed by atoms with van der Waals surface area (Å²) >= 11 is 5.82. The normalized spacial score (nSPS) is 18.4. The highest BCUT2D eigenvalue weighted by atomic mass is 35.5. The minimum absolute atomic E-state index is 0.0175. The van der Waals surface area contributed by atoms with Gasteiger partial charge >= 0.3 is 17.8 Å². The van der Waals surface area contributed by atoms with E-state index in [4.69, 9.17) is 11.6 Å². The molecule has 0 aromatic heterocycles. The van der Waals surface area contributed by atoms with Crippen molar-refractivity contribution in [3.05, 3.63) is 29.0 Å². The highest BCUT2D eigenvalue weighted by molar-refractivity contribution is 6.45. The van der Waals surface area contributed by atoms with E-state index in [1.165, 1.54) is 6.07 Å². The Labute approximate surface area is 147 Å². The zero-order valence-corrected chi connectivity index (χ0v) is 13.9. The number of halogens is 2. The van der Waals surface area contributed by atoms with Crippen LogP contribution in [0.4, 0.5) is 14.9 Å². The van der Waals surface area contributed by atoms with Gasteiger partial charge in [0.25, 0.3) is 0 Å². The highest BCUT2D eigenvalue weighted by Crippen LogP contribution is 2.28. The maximum atomic E-state index is 13.0. The molecule has 1 saturated carbocycles. The Bertz CT molecular complexity index is 764. The number of nitrogens with zero attached hydrogens (tertiary/aromatic N) is 2. The molecule has 3 rings (SSSR count). The summed E-state index contributed by atoms with van der Waals surface area (Å²) in [5, 5.41) is 2.37. The Morgan fingerprint density at radius 3 is 2.52 bits per heavy atom. The van der Waals surface area contributed by atoms with Gasteiger partial charge in [-0.25, -0.2) is 14.1 Å². The molecule has 1 aromatic rings. The molecule has 1 saturated heterocycles. The van der Waals surface area contributed by atoms with E-state index in [1.807, 2.05) is 0 Å². The van der Waals surface area contributed by atoms with Gasteiger partial charge in [-0.3, -0.25) is 19.3 Å². The van der Waals surface area contributed by atoms with Crippen LogP contribution in [-0.4, -0.2) is 46.1 Å². The molecule has 1 aliphatic heterocycles. The van der Waals surface area contributed by atoms with Crippen LogP contribution in [0.3, 0.4) is 0 Å². The highest BCUT2D eigenvalue weighted by Gasteiger charge is 2.48. The average molecular weight is 368 g/mol. The fourth-order valence-corrected chi connectivity index (χ4v) is 3.28.